The third-order valence-electron chi connectivity index (χ3n) is 4.72. The van der Waals surface area contributed by atoms with E-state index >= 15 is 0 Å². The Morgan fingerprint density at radius 3 is 1.96 bits per heavy atom. The molecule has 0 fully saturated rings. The van der Waals surface area contributed by atoms with Crippen LogP contribution < -0.4 is 4.90 Å². The van der Waals surface area contributed by atoms with Crippen LogP contribution in [0.5, 0.6) is 0 Å². The normalized spacial score (nSPS) is 14.7. The second-order valence-corrected chi connectivity index (χ2v) is 8.34. The Hall–Kier alpha value is -2.59. The third-order valence-corrected chi connectivity index (χ3v) is 6.57. The van der Waals surface area contributed by atoms with Crippen molar-refractivity contribution in [3.63, 3.8) is 0 Å². The molecule has 0 aliphatic carbocycles. The second-order valence-electron chi connectivity index (χ2n) is 6.45. The van der Waals surface area contributed by atoms with Gasteiger partial charge in [0.25, 0.3) is 0 Å². The van der Waals surface area contributed by atoms with Crippen LogP contribution in [-0.2, 0) is 16.4 Å². The molecule has 0 unspecified atom stereocenters. The molecule has 0 amide bonds. The van der Waals surface area contributed by atoms with Gasteiger partial charge in [0.15, 0.2) is 0 Å². The standard InChI is InChI=1S/C21H19NO2S/c1-15-11-12-16(2)17(13-15)14-22-18-7-3-5-9-20(18)25(23,24)21-10-6-4-8-19(21)22/h3-13H,14H2,1-2H3. The highest BCUT2D eigenvalue weighted by Crippen LogP contribution is 2.44. The summed E-state index contributed by atoms with van der Waals surface area (Å²) in [5, 5.41) is 0. The largest absolute Gasteiger partial charge is 0.335 e. The van der Waals surface area contributed by atoms with E-state index in [1.807, 2.05) is 24.3 Å². The van der Waals surface area contributed by atoms with Gasteiger partial charge in [-0.15, -0.1) is 0 Å². The molecule has 1 aliphatic heterocycles. The predicted octanol–water partition coefficient (Wildman–Crippen LogP) is 4.79. The van der Waals surface area contributed by atoms with Gasteiger partial charge in [-0.05, 0) is 49.2 Å². The molecule has 1 heterocycles. The highest BCUT2D eigenvalue weighted by atomic mass is 32.2. The van der Waals surface area contributed by atoms with E-state index in [1.165, 1.54) is 16.7 Å². The van der Waals surface area contributed by atoms with Crippen molar-refractivity contribution in [3.05, 3.63) is 83.4 Å². The van der Waals surface area contributed by atoms with Crippen molar-refractivity contribution in [1.29, 1.82) is 0 Å². The minimum Gasteiger partial charge on any atom is -0.335 e. The Balaban J connectivity index is 1.93. The molecular formula is C21H19NO2S. The number of sulfone groups is 1. The number of rotatable bonds is 2. The molecule has 0 bridgehead atoms. The van der Waals surface area contributed by atoms with Gasteiger partial charge < -0.3 is 4.90 Å². The fraction of sp³-hybridized carbons (Fsp3) is 0.143. The molecule has 3 aromatic rings. The summed E-state index contributed by atoms with van der Waals surface area (Å²) in [6, 6.07) is 20.9. The summed E-state index contributed by atoms with van der Waals surface area (Å²) >= 11 is 0. The number of hydrogen-bond acceptors (Lipinski definition) is 3. The maximum absolute atomic E-state index is 13.0. The summed E-state index contributed by atoms with van der Waals surface area (Å²) in [5.41, 5.74) is 5.08. The Morgan fingerprint density at radius 1 is 0.800 bits per heavy atom. The van der Waals surface area contributed by atoms with E-state index in [0.717, 1.165) is 11.4 Å². The Bertz CT molecular complexity index is 1020. The average molecular weight is 349 g/mol. The molecule has 4 rings (SSSR count). The molecular weight excluding hydrogens is 330 g/mol. The van der Waals surface area contributed by atoms with Crippen LogP contribution in [0.15, 0.2) is 76.5 Å². The monoisotopic (exact) mass is 349 g/mol. The summed E-state index contributed by atoms with van der Waals surface area (Å²) in [6.07, 6.45) is 0. The third kappa shape index (κ3) is 2.53. The molecule has 0 saturated heterocycles. The zero-order valence-electron chi connectivity index (χ0n) is 14.2. The van der Waals surface area contributed by atoms with E-state index in [9.17, 15) is 8.42 Å². The zero-order chi connectivity index (χ0) is 17.6. The van der Waals surface area contributed by atoms with E-state index in [1.54, 1.807) is 24.3 Å². The van der Waals surface area contributed by atoms with Crippen molar-refractivity contribution >= 4 is 21.2 Å². The lowest BCUT2D eigenvalue weighted by Gasteiger charge is -2.33. The van der Waals surface area contributed by atoms with Crippen LogP contribution in [0.4, 0.5) is 11.4 Å². The van der Waals surface area contributed by atoms with Crippen molar-refractivity contribution in [2.45, 2.75) is 30.2 Å². The summed E-state index contributed by atoms with van der Waals surface area (Å²) in [6.45, 7) is 4.80. The minimum absolute atomic E-state index is 0.374. The summed E-state index contributed by atoms with van der Waals surface area (Å²) < 4.78 is 26.0. The fourth-order valence-corrected chi connectivity index (χ4v) is 5.03. The van der Waals surface area contributed by atoms with E-state index in [4.69, 9.17) is 0 Å². The lowest BCUT2D eigenvalue weighted by molar-refractivity contribution is 0.594. The van der Waals surface area contributed by atoms with Crippen molar-refractivity contribution < 1.29 is 8.42 Å². The van der Waals surface area contributed by atoms with Gasteiger partial charge in [0.05, 0.1) is 21.2 Å². The highest BCUT2D eigenvalue weighted by molar-refractivity contribution is 7.92. The van der Waals surface area contributed by atoms with Crippen LogP contribution in [-0.4, -0.2) is 8.42 Å². The molecule has 126 valence electrons. The first kappa shape index (κ1) is 15.9. The Labute approximate surface area is 148 Å². The van der Waals surface area contributed by atoms with Crippen molar-refractivity contribution in [1.82, 2.24) is 0 Å². The van der Waals surface area contributed by atoms with E-state index < -0.39 is 9.84 Å². The summed E-state index contributed by atoms with van der Waals surface area (Å²) in [4.78, 5) is 2.85. The summed E-state index contributed by atoms with van der Waals surface area (Å²) in [5.74, 6) is 0. The molecule has 0 atom stereocenters. The van der Waals surface area contributed by atoms with Gasteiger partial charge in [0.2, 0.25) is 9.84 Å². The van der Waals surface area contributed by atoms with Gasteiger partial charge in [0, 0.05) is 6.54 Å². The molecule has 4 heteroatoms. The predicted molar refractivity (Wildman–Crippen MR) is 100 cm³/mol. The number of hydrogen-bond donors (Lipinski definition) is 0. The maximum atomic E-state index is 13.0. The Morgan fingerprint density at radius 2 is 1.36 bits per heavy atom. The first-order valence-electron chi connectivity index (χ1n) is 8.25. The average Bonchev–Trinajstić information content (AvgIpc) is 2.62. The van der Waals surface area contributed by atoms with Crippen LogP contribution in [0.3, 0.4) is 0 Å². The molecule has 0 N–H and O–H groups in total. The summed E-state index contributed by atoms with van der Waals surface area (Å²) in [7, 11) is -3.49. The Kier molecular flexibility index (Phi) is 3.65. The number of fused-ring (bicyclic) bond motifs is 2. The highest BCUT2D eigenvalue weighted by Gasteiger charge is 2.33. The molecule has 0 spiro atoms. The molecule has 0 radical (unpaired) electrons. The molecule has 0 saturated carbocycles. The maximum Gasteiger partial charge on any atom is 0.210 e. The van der Waals surface area contributed by atoms with Gasteiger partial charge in [-0.1, -0.05) is 48.0 Å². The number of aryl methyl sites for hydroxylation is 2. The number of benzene rings is 3. The van der Waals surface area contributed by atoms with Crippen LogP contribution in [0, 0.1) is 13.8 Å². The van der Waals surface area contributed by atoms with Crippen molar-refractivity contribution in [3.8, 4) is 0 Å². The molecule has 3 nitrogen and oxygen atoms in total. The number of nitrogens with zero attached hydrogens (tertiary/aromatic N) is 1. The number of anilines is 2. The topological polar surface area (TPSA) is 37.4 Å². The van der Waals surface area contributed by atoms with Crippen LogP contribution in [0.2, 0.25) is 0 Å². The van der Waals surface area contributed by atoms with Gasteiger partial charge in [-0.2, -0.15) is 0 Å². The first-order chi connectivity index (χ1) is 12.0. The SMILES string of the molecule is Cc1ccc(C)c(CN2c3ccccc3S(=O)(=O)c3ccccc32)c1. The van der Waals surface area contributed by atoms with Crippen LogP contribution >= 0.6 is 0 Å². The van der Waals surface area contributed by atoms with Gasteiger partial charge in [-0.3, -0.25) is 0 Å². The van der Waals surface area contributed by atoms with E-state index in [0.29, 0.717) is 16.3 Å². The van der Waals surface area contributed by atoms with Crippen LogP contribution in [0.25, 0.3) is 0 Å². The smallest absolute Gasteiger partial charge is 0.210 e. The van der Waals surface area contributed by atoms with E-state index in [-0.39, 0.29) is 0 Å². The first-order valence-corrected chi connectivity index (χ1v) is 9.73. The quantitative estimate of drug-likeness (QED) is 0.668. The molecule has 0 aromatic heterocycles. The zero-order valence-corrected chi connectivity index (χ0v) is 15.0. The van der Waals surface area contributed by atoms with Crippen molar-refractivity contribution in [2.24, 2.45) is 0 Å². The molecule has 1 aliphatic rings. The van der Waals surface area contributed by atoms with Crippen LogP contribution in [0.1, 0.15) is 16.7 Å². The van der Waals surface area contributed by atoms with Gasteiger partial charge >= 0.3 is 0 Å². The minimum atomic E-state index is -3.49. The van der Waals surface area contributed by atoms with E-state index in [2.05, 4.69) is 36.9 Å². The number of para-hydroxylation sites is 2. The second kappa shape index (κ2) is 5.74. The fourth-order valence-electron chi connectivity index (χ4n) is 3.37. The molecule has 25 heavy (non-hydrogen) atoms. The van der Waals surface area contributed by atoms with Crippen molar-refractivity contribution in [2.75, 3.05) is 4.90 Å². The lowest BCUT2D eigenvalue weighted by atomic mass is 10.0. The van der Waals surface area contributed by atoms with Gasteiger partial charge in [0.1, 0.15) is 0 Å². The lowest BCUT2D eigenvalue weighted by Crippen LogP contribution is -2.26. The molecule has 3 aromatic carbocycles. The van der Waals surface area contributed by atoms with Gasteiger partial charge in [-0.25, -0.2) is 8.42 Å².